The smallest absolute Gasteiger partial charge is 0.233 e. The van der Waals surface area contributed by atoms with Crippen LogP contribution in [0.5, 0.6) is 0 Å². The van der Waals surface area contributed by atoms with Crippen LogP contribution in [0.1, 0.15) is 36.9 Å². The Morgan fingerprint density at radius 1 is 1.14 bits per heavy atom. The highest BCUT2D eigenvalue weighted by Crippen LogP contribution is 2.36. The first kappa shape index (κ1) is 13.4. The van der Waals surface area contributed by atoms with E-state index in [0.29, 0.717) is 18.3 Å². The molecule has 1 fully saturated rings. The van der Waals surface area contributed by atoms with E-state index in [2.05, 4.69) is 9.97 Å². The zero-order valence-corrected chi connectivity index (χ0v) is 12.6. The number of fused-ring (bicyclic) bond motifs is 1. The second kappa shape index (κ2) is 5.16. The second-order valence-corrected chi connectivity index (χ2v) is 6.05. The Morgan fingerprint density at radius 2 is 1.86 bits per heavy atom. The molecule has 22 heavy (non-hydrogen) atoms. The summed E-state index contributed by atoms with van der Waals surface area (Å²) in [6, 6.07) is 4.11. The van der Waals surface area contributed by atoms with E-state index in [-0.39, 0.29) is 5.91 Å². The van der Waals surface area contributed by atoms with Gasteiger partial charge >= 0.3 is 0 Å². The number of amides is 1. The second-order valence-electron chi connectivity index (χ2n) is 6.05. The molecule has 5 nitrogen and oxygen atoms in total. The average molecular weight is 294 g/mol. The average Bonchev–Trinajstić information content (AvgIpc) is 3.15. The molecule has 0 radical (unpaired) electrons. The van der Waals surface area contributed by atoms with Crippen LogP contribution in [0, 0.1) is 6.92 Å². The zero-order valence-electron chi connectivity index (χ0n) is 12.6. The SMILES string of the molecule is Cc1nc(-c2ccncc2)nc2c1CC(=O)N2C1CCCC1. The highest BCUT2D eigenvalue weighted by Gasteiger charge is 2.37. The third-order valence-corrected chi connectivity index (χ3v) is 4.65. The fourth-order valence-corrected chi connectivity index (χ4v) is 3.51. The Hall–Kier alpha value is -2.30. The fourth-order valence-electron chi connectivity index (χ4n) is 3.51. The maximum Gasteiger partial charge on any atom is 0.233 e. The van der Waals surface area contributed by atoms with Gasteiger partial charge in [0.15, 0.2) is 5.82 Å². The molecule has 2 aromatic heterocycles. The van der Waals surface area contributed by atoms with Crippen LogP contribution in [0.15, 0.2) is 24.5 Å². The number of hydrogen-bond donors (Lipinski definition) is 0. The van der Waals surface area contributed by atoms with Crippen LogP contribution in [0.3, 0.4) is 0 Å². The lowest BCUT2D eigenvalue weighted by Crippen LogP contribution is -2.36. The number of rotatable bonds is 2. The van der Waals surface area contributed by atoms with Gasteiger partial charge in [0.05, 0.1) is 6.42 Å². The van der Waals surface area contributed by atoms with Gasteiger partial charge in [-0.2, -0.15) is 0 Å². The maximum atomic E-state index is 12.5. The van der Waals surface area contributed by atoms with Crippen molar-refractivity contribution in [2.24, 2.45) is 0 Å². The van der Waals surface area contributed by atoms with E-state index in [4.69, 9.17) is 4.98 Å². The van der Waals surface area contributed by atoms with Gasteiger partial charge in [-0.25, -0.2) is 9.97 Å². The quantitative estimate of drug-likeness (QED) is 0.854. The summed E-state index contributed by atoms with van der Waals surface area (Å²) in [5.74, 6) is 1.68. The third-order valence-electron chi connectivity index (χ3n) is 4.65. The summed E-state index contributed by atoms with van der Waals surface area (Å²) in [6.45, 7) is 1.97. The molecular formula is C17H18N4O. The molecule has 1 aliphatic carbocycles. The number of pyridine rings is 1. The maximum absolute atomic E-state index is 12.5. The highest BCUT2D eigenvalue weighted by molar-refractivity contribution is 6.01. The fraction of sp³-hybridized carbons (Fsp3) is 0.412. The molecule has 112 valence electrons. The summed E-state index contributed by atoms with van der Waals surface area (Å²) in [7, 11) is 0. The summed E-state index contributed by atoms with van der Waals surface area (Å²) in [5.41, 5.74) is 2.84. The van der Waals surface area contributed by atoms with Gasteiger partial charge in [-0.3, -0.25) is 14.7 Å². The van der Waals surface area contributed by atoms with E-state index in [0.717, 1.165) is 35.5 Å². The standard InChI is InChI=1S/C17H18N4O/c1-11-14-10-15(22)21(13-4-2-3-5-13)17(14)20-16(19-11)12-6-8-18-9-7-12/h6-9,13H,2-5,10H2,1H3. The van der Waals surface area contributed by atoms with Gasteiger partial charge in [0.25, 0.3) is 0 Å². The van der Waals surface area contributed by atoms with Gasteiger partial charge in [0.1, 0.15) is 5.82 Å². The molecule has 3 heterocycles. The number of aromatic nitrogens is 3. The van der Waals surface area contributed by atoms with Crippen molar-refractivity contribution in [1.29, 1.82) is 0 Å². The Morgan fingerprint density at radius 3 is 2.59 bits per heavy atom. The van der Waals surface area contributed by atoms with Gasteiger partial charge in [-0.05, 0) is 31.9 Å². The molecule has 0 saturated heterocycles. The van der Waals surface area contributed by atoms with Crippen molar-refractivity contribution in [1.82, 2.24) is 15.0 Å². The van der Waals surface area contributed by atoms with E-state index in [1.807, 2.05) is 24.0 Å². The molecule has 2 aromatic rings. The molecule has 0 atom stereocenters. The van der Waals surface area contributed by atoms with Crippen molar-refractivity contribution in [3.05, 3.63) is 35.8 Å². The monoisotopic (exact) mass is 294 g/mol. The van der Waals surface area contributed by atoms with Crippen LogP contribution in [0.2, 0.25) is 0 Å². The number of anilines is 1. The first-order chi connectivity index (χ1) is 10.7. The van der Waals surface area contributed by atoms with Crippen molar-refractivity contribution in [3.63, 3.8) is 0 Å². The summed E-state index contributed by atoms with van der Waals surface area (Å²) in [4.78, 5) is 27.8. The molecule has 0 aromatic carbocycles. The van der Waals surface area contributed by atoms with Crippen LogP contribution in [-0.4, -0.2) is 26.9 Å². The molecule has 1 aliphatic heterocycles. The van der Waals surface area contributed by atoms with Gasteiger partial charge in [-0.1, -0.05) is 12.8 Å². The lowest BCUT2D eigenvalue weighted by Gasteiger charge is -2.24. The molecule has 0 bridgehead atoms. The van der Waals surface area contributed by atoms with E-state index in [1.54, 1.807) is 12.4 Å². The Kier molecular flexibility index (Phi) is 3.13. The van der Waals surface area contributed by atoms with Gasteiger partial charge in [0.2, 0.25) is 5.91 Å². The molecule has 0 N–H and O–H groups in total. The first-order valence-corrected chi connectivity index (χ1v) is 7.84. The summed E-state index contributed by atoms with van der Waals surface area (Å²) < 4.78 is 0. The molecule has 0 unspecified atom stereocenters. The van der Waals surface area contributed by atoms with Crippen molar-refractivity contribution < 1.29 is 4.79 Å². The van der Waals surface area contributed by atoms with Crippen molar-refractivity contribution >= 4 is 11.7 Å². The number of nitrogens with zero attached hydrogens (tertiary/aromatic N) is 4. The van der Waals surface area contributed by atoms with Gasteiger partial charge < -0.3 is 0 Å². The Labute approximate surface area is 129 Å². The van der Waals surface area contributed by atoms with E-state index >= 15 is 0 Å². The molecule has 2 aliphatic rings. The van der Waals surface area contributed by atoms with Crippen molar-refractivity contribution in [3.8, 4) is 11.4 Å². The zero-order chi connectivity index (χ0) is 15.1. The predicted octanol–water partition coefficient (Wildman–Crippen LogP) is 2.68. The molecule has 1 amide bonds. The number of carbonyl (C=O) groups is 1. The summed E-state index contributed by atoms with van der Waals surface area (Å²) in [6.07, 6.45) is 8.48. The van der Waals surface area contributed by atoms with Crippen LogP contribution in [0.25, 0.3) is 11.4 Å². The molecular weight excluding hydrogens is 276 g/mol. The lowest BCUT2D eigenvalue weighted by molar-refractivity contribution is -0.117. The van der Waals surface area contributed by atoms with Gasteiger partial charge in [0, 0.05) is 35.3 Å². The number of carbonyl (C=O) groups excluding carboxylic acids is 1. The predicted molar refractivity (Wildman–Crippen MR) is 83.4 cm³/mol. The van der Waals surface area contributed by atoms with Crippen LogP contribution in [-0.2, 0) is 11.2 Å². The molecule has 5 heteroatoms. The lowest BCUT2D eigenvalue weighted by atomic mass is 10.1. The van der Waals surface area contributed by atoms with E-state index < -0.39 is 0 Å². The topological polar surface area (TPSA) is 59.0 Å². The van der Waals surface area contributed by atoms with Gasteiger partial charge in [-0.15, -0.1) is 0 Å². The first-order valence-electron chi connectivity index (χ1n) is 7.84. The van der Waals surface area contributed by atoms with Crippen LogP contribution in [0.4, 0.5) is 5.82 Å². The van der Waals surface area contributed by atoms with E-state index in [1.165, 1.54) is 12.8 Å². The highest BCUT2D eigenvalue weighted by atomic mass is 16.2. The minimum absolute atomic E-state index is 0.172. The normalized spacial score (nSPS) is 18.0. The van der Waals surface area contributed by atoms with Crippen LogP contribution >= 0.6 is 0 Å². The number of hydrogen-bond acceptors (Lipinski definition) is 4. The van der Waals surface area contributed by atoms with Crippen molar-refractivity contribution in [2.75, 3.05) is 4.90 Å². The largest absolute Gasteiger partial charge is 0.293 e. The molecule has 4 rings (SSSR count). The van der Waals surface area contributed by atoms with Crippen LogP contribution < -0.4 is 4.90 Å². The Balaban J connectivity index is 1.81. The minimum atomic E-state index is 0.172. The Bertz CT molecular complexity index is 723. The third kappa shape index (κ3) is 2.08. The molecule has 0 spiro atoms. The molecule has 1 saturated carbocycles. The van der Waals surface area contributed by atoms with E-state index in [9.17, 15) is 4.79 Å². The number of aryl methyl sites for hydroxylation is 1. The minimum Gasteiger partial charge on any atom is -0.293 e. The summed E-state index contributed by atoms with van der Waals surface area (Å²) in [5, 5.41) is 0. The summed E-state index contributed by atoms with van der Waals surface area (Å²) >= 11 is 0. The van der Waals surface area contributed by atoms with Crippen molar-refractivity contribution in [2.45, 2.75) is 45.1 Å².